The maximum absolute atomic E-state index is 12.5. The van der Waals surface area contributed by atoms with Gasteiger partial charge in [0.05, 0.1) is 11.4 Å². The molecule has 0 fully saturated rings. The molecule has 2 rings (SSSR count). The van der Waals surface area contributed by atoms with Gasteiger partial charge >= 0.3 is 6.36 Å². The first-order valence-corrected chi connectivity index (χ1v) is 14.9. The maximum Gasteiger partial charge on any atom is 0.573 e. The quantitative estimate of drug-likeness (QED) is 0.344. The lowest BCUT2D eigenvalue weighted by Gasteiger charge is -2.35. The highest BCUT2D eigenvalue weighted by molar-refractivity contribution is 7.89. The van der Waals surface area contributed by atoms with Crippen LogP contribution in [0.3, 0.4) is 0 Å². The molecule has 2 N–H and O–H groups in total. The number of hydrogen-bond acceptors (Lipinski definition) is 6. The Morgan fingerprint density at radius 1 is 0.943 bits per heavy atom. The van der Waals surface area contributed by atoms with Gasteiger partial charge in [-0.15, -0.1) is 13.2 Å². The van der Waals surface area contributed by atoms with E-state index < -0.39 is 37.2 Å². The molecule has 0 spiro atoms. The molecule has 0 unspecified atom stereocenters. The summed E-state index contributed by atoms with van der Waals surface area (Å²) in [6, 6.07) is 10.6. The third-order valence-electron chi connectivity index (χ3n) is 5.35. The van der Waals surface area contributed by atoms with Crippen LogP contribution < -0.4 is 19.7 Å². The molecule has 0 atom stereocenters. The van der Waals surface area contributed by atoms with E-state index in [1.807, 2.05) is 33.9 Å². The number of nitrogens with one attached hydrogen (secondary N) is 2. The second-order valence-electron chi connectivity index (χ2n) is 9.16. The van der Waals surface area contributed by atoms with Gasteiger partial charge in [0.1, 0.15) is 18.1 Å². The van der Waals surface area contributed by atoms with E-state index in [-0.39, 0.29) is 22.3 Å². The van der Waals surface area contributed by atoms with Gasteiger partial charge in [-0.1, -0.05) is 32.9 Å². The second kappa shape index (κ2) is 11.0. The van der Waals surface area contributed by atoms with E-state index in [1.165, 1.54) is 48.5 Å². The lowest BCUT2D eigenvalue weighted by Crippen LogP contribution is -2.48. The number of sulfonamides is 1. The molecule has 8 nitrogen and oxygen atoms in total. The van der Waals surface area contributed by atoms with Crippen LogP contribution in [0.4, 0.5) is 13.2 Å². The summed E-state index contributed by atoms with van der Waals surface area (Å²) < 4.78 is 78.7. The van der Waals surface area contributed by atoms with Crippen LogP contribution in [0.5, 0.6) is 11.5 Å². The van der Waals surface area contributed by atoms with E-state index in [9.17, 15) is 26.4 Å². The molecule has 194 valence electrons. The Hall–Kier alpha value is -2.61. The van der Waals surface area contributed by atoms with Crippen LogP contribution in [0.25, 0.3) is 0 Å². The van der Waals surface area contributed by atoms with Crippen molar-refractivity contribution in [2.24, 2.45) is 0 Å². The maximum atomic E-state index is 12.5. The van der Waals surface area contributed by atoms with Crippen LogP contribution in [0.2, 0.25) is 18.1 Å². The smallest absolute Gasteiger partial charge is 0.489 e. The number of amides is 1. The fourth-order valence-electron chi connectivity index (χ4n) is 2.29. The van der Waals surface area contributed by atoms with E-state index >= 15 is 0 Å². The van der Waals surface area contributed by atoms with Crippen LogP contribution >= 0.6 is 0 Å². The number of alkyl halides is 3. The third kappa shape index (κ3) is 9.16. The number of rotatable bonds is 10. The lowest BCUT2D eigenvalue weighted by atomic mass is 10.2. The van der Waals surface area contributed by atoms with Crippen molar-refractivity contribution in [2.45, 2.75) is 56.8 Å². The van der Waals surface area contributed by atoms with Crippen molar-refractivity contribution in [3.63, 3.8) is 0 Å². The number of halogens is 3. The Balaban J connectivity index is 1.87. The van der Waals surface area contributed by atoms with Gasteiger partial charge in [0.15, 0.2) is 0 Å². The molecule has 0 aromatic heterocycles. The fourth-order valence-corrected chi connectivity index (χ4v) is 3.94. The van der Waals surface area contributed by atoms with Crippen LogP contribution in [0, 0.1) is 0 Å². The molecule has 0 aliphatic heterocycles. The van der Waals surface area contributed by atoms with E-state index in [2.05, 4.69) is 14.9 Å². The van der Waals surface area contributed by atoms with Gasteiger partial charge in [-0.2, -0.15) is 0 Å². The number of benzene rings is 2. The Bertz CT molecular complexity index is 1100. The summed E-state index contributed by atoms with van der Waals surface area (Å²) in [5.41, 5.74) is 2.91. The van der Waals surface area contributed by atoms with Crippen LogP contribution in [-0.2, 0) is 26.0 Å². The number of hydroxylamine groups is 1. The molecule has 1 amide bonds. The molecule has 0 aliphatic rings. The highest BCUT2D eigenvalue weighted by Crippen LogP contribution is 2.35. The molecule has 0 heterocycles. The summed E-state index contributed by atoms with van der Waals surface area (Å²) in [5, 5.41) is -0.130. The Kier molecular flexibility index (Phi) is 8.98. The van der Waals surface area contributed by atoms with Crippen molar-refractivity contribution >= 4 is 24.2 Å². The predicted molar refractivity (Wildman–Crippen MR) is 126 cm³/mol. The molecule has 0 saturated carbocycles. The minimum Gasteiger partial charge on any atom is -0.489 e. The Morgan fingerprint density at radius 3 is 2.00 bits per heavy atom. The highest BCUT2D eigenvalue weighted by atomic mass is 32.2. The minimum atomic E-state index is -4.77. The summed E-state index contributed by atoms with van der Waals surface area (Å²) in [7, 11) is -6.19. The van der Waals surface area contributed by atoms with Crippen molar-refractivity contribution in [3.8, 4) is 11.5 Å². The molecule has 0 radical (unpaired) electrons. The average molecular weight is 535 g/mol. The highest BCUT2D eigenvalue weighted by Gasteiger charge is 2.38. The SMILES string of the molecule is CC(C)(C)[Si](C)(C)ONC(=O)CNS(=O)(=O)c1ccc(OCc2ccc(OC(F)(F)F)cc2)cc1. The number of ether oxygens (including phenoxy) is 2. The number of carbonyl (C=O) groups excluding carboxylic acids is 1. The van der Waals surface area contributed by atoms with Crippen molar-refractivity contribution in [1.82, 2.24) is 10.2 Å². The topological polar surface area (TPSA) is 103 Å². The molecule has 0 saturated heterocycles. The minimum absolute atomic E-state index is 0.0467. The van der Waals surface area contributed by atoms with Gasteiger partial charge < -0.3 is 14.0 Å². The zero-order valence-electron chi connectivity index (χ0n) is 20.0. The molecule has 35 heavy (non-hydrogen) atoms. The van der Waals surface area contributed by atoms with Gasteiger partial charge in [0.25, 0.3) is 5.91 Å². The summed E-state index contributed by atoms with van der Waals surface area (Å²) in [6.45, 7) is 9.45. The van der Waals surface area contributed by atoms with Crippen LogP contribution in [0.1, 0.15) is 26.3 Å². The number of carbonyl (C=O) groups is 1. The zero-order chi connectivity index (χ0) is 26.5. The fraction of sp³-hybridized carbons (Fsp3) is 0.409. The monoisotopic (exact) mass is 534 g/mol. The molecule has 13 heteroatoms. The average Bonchev–Trinajstić information content (AvgIpc) is 2.74. The Labute approximate surface area is 203 Å². The van der Waals surface area contributed by atoms with Gasteiger partial charge in [-0.25, -0.2) is 18.6 Å². The summed E-state index contributed by atoms with van der Waals surface area (Å²) in [5.74, 6) is -0.617. The first kappa shape index (κ1) is 28.6. The summed E-state index contributed by atoms with van der Waals surface area (Å²) in [6.07, 6.45) is -4.77. The summed E-state index contributed by atoms with van der Waals surface area (Å²) in [4.78, 5) is 12.0. The van der Waals surface area contributed by atoms with E-state index in [1.54, 1.807) is 0 Å². The van der Waals surface area contributed by atoms with Gasteiger partial charge in [-0.3, -0.25) is 4.79 Å². The molecule has 2 aromatic carbocycles. The molecule has 0 bridgehead atoms. The van der Waals surface area contributed by atoms with E-state index in [0.717, 1.165) is 0 Å². The summed E-state index contributed by atoms with van der Waals surface area (Å²) >= 11 is 0. The van der Waals surface area contributed by atoms with Crippen molar-refractivity contribution in [2.75, 3.05) is 6.54 Å². The normalized spacial score (nSPS) is 12.8. The Morgan fingerprint density at radius 2 is 1.49 bits per heavy atom. The van der Waals surface area contributed by atoms with E-state index in [0.29, 0.717) is 11.3 Å². The van der Waals surface area contributed by atoms with Crippen LogP contribution in [-0.4, -0.2) is 35.5 Å². The van der Waals surface area contributed by atoms with Gasteiger partial charge in [0, 0.05) is 0 Å². The zero-order valence-corrected chi connectivity index (χ0v) is 21.8. The van der Waals surface area contributed by atoms with Gasteiger partial charge in [0.2, 0.25) is 18.3 Å². The molecule has 2 aromatic rings. The van der Waals surface area contributed by atoms with Crippen molar-refractivity contribution in [3.05, 3.63) is 54.1 Å². The van der Waals surface area contributed by atoms with Gasteiger partial charge in [-0.05, 0) is 60.1 Å². The standard InChI is InChI=1S/C22H29F3N2O6SSi/c1-21(2,3)35(4,5)33-27-20(28)14-26-34(29,30)19-12-10-17(11-13-19)31-15-16-6-8-18(9-7-16)32-22(23,24)25/h6-13,26H,14-15H2,1-5H3,(H,27,28). The first-order chi connectivity index (χ1) is 16.0. The van der Waals surface area contributed by atoms with Crippen molar-refractivity contribution < 1.29 is 40.4 Å². The second-order valence-corrected chi connectivity index (χ2v) is 15.7. The van der Waals surface area contributed by atoms with E-state index in [4.69, 9.17) is 9.26 Å². The van der Waals surface area contributed by atoms with Crippen molar-refractivity contribution in [1.29, 1.82) is 0 Å². The third-order valence-corrected chi connectivity index (χ3v) is 11.0. The molecular weight excluding hydrogens is 505 g/mol. The number of hydrogen-bond donors (Lipinski definition) is 2. The largest absolute Gasteiger partial charge is 0.573 e. The molecular formula is C22H29F3N2O6SSi. The predicted octanol–water partition coefficient (Wildman–Crippen LogP) is 4.50. The van der Waals surface area contributed by atoms with Crippen LogP contribution in [0.15, 0.2) is 53.4 Å². The first-order valence-electron chi connectivity index (χ1n) is 10.5. The lowest BCUT2D eigenvalue weighted by molar-refractivity contribution is -0.274. The molecule has 0 aliphatic carbocycles.